The van der Waals surface area contributed by atoms with Crippen molar-refractivity contribution in [2.45, 2.75) is 12.5 Å². The second-order valence-corrected chi connectivity index (χ2v) is 4.87. The molecule has 0 radical (unpaired) electrons. The lowest BCUT2D eigenvalue weighted by Crippen LogP contribution is -2.35. The highest BCUT2D eigenvalue weighted by Gasteiger charge is 2.30. The lowest BCUT2D eigenvalue weighted by molar-refractivity contribution is -0.147. The molecule has 21 heavy (non-hydrogen) atoms. The predicted octanol–water partition coefficient (Wildman–Crippen LogP) is 1.76. The minimum Gasteiger partial charge on any atom is -0.468 e. The van der Waals surface area contributed by atoms with Gasteiger partial charge in [0.15, 0.2) is 0 Å². The first-order valence-corrected chi connectivity index (χ1v) is 6.72. The van der Waals surface area contributed by atoms with E-state index in [0.717, 1.165) is 0 Å². The molecule has 0 aromatic heterocycles. The molecule has 0 saturated carbocycles. The van der Waals surface area contributed by atoms with Gasteiger partial charge in [0, 0.05) is 30.6 Å². The summed E-state index contributed by atoms with van der Waals surface area (Å²) < 4.78 is 18.7. The van der Waals surface area contributed by atoms with E-state index in [1.807, 2.05) is 0 Å². The van der Waals surface area contributed by atoms with Crippen LogP contribution in [-0.4, -0.2) is 44.5 Å². The van der Waals surface area contributed by atoms with Gasteiger partial charge in [-0.1, -0.05) is 17.7 Å². The molecular weight excluding hydrogens is 299 g/mol. The predicted molar refractivity (Wildman–Crippen MR) is 77.5 cm³/mol. The second kappa shape index (κ2) is 7.95. The van der Waals surface area contributed by atoms with Crippen molar-refractivity contribution >= 4 is 23.5 Å². The van der Waals surface area contributed by atoms with E-state index in [0.29, 0.717) is 0 Å². The number of carbonyl (C=O) groups excluding carboxylic acids is 2. The summed E-state index contributed by atoms with van der Waals surface area (Å²) in [6.07, 6.45) is 0.173. The summed E-state index contributed by atoms with van der Waals surface area (Å²) >= 11 is 6.01. The molecule has 0 aliphatic heterocycles. The molecule has 1 rings (SSSR count). The Hall–Kier alpha value is -1.66. The summed E-state index contributed by atoms with van der Waals surface area (Å²) in [5.74, 6) is -1.41. The third kappa shape index (κ3) is 4.41. The van der Waals surface area contributed by atoms with E-state index < -0.39 is 17.8 Å². The molecule has 5 nitrogen and oxygen atoms in total. The Labute approximate surface area is 128 Å². The lowest BCUT2D eigenvalue weighted by atomic mass is 10.0. The third-order valence-corrected chi connectivity index (χ3v) is 3.44. The minimum atomic E-state index is -1.01. The van der Waals surface area contributed by atoms with E-state index in [1.54, 1.807) is 7.05 Å². The highest BCUT2D eigenvalue weighted by molar-refractivity contribution is 6.31. The van der Waals surface area contributed by atoms with Crippen LogP contribution in [0, 0.1) is 5.82 Å². The van der Waals surface area contributed by atoms with Gasteiger partial charge in [-0.05, 0) is 19.2 Å². The fourth-order valence-electron chi connectivity index (χ4n) is 1.93. The number of hydrogen-bond donors (Lipinski definition) is 1. The maximum Gasteiger partial charge on any atom is 0.327 e. The van der Waals surface area contributed by atoms with Gasteiger partial charge in [0.1, 0.15) is 11.9 Å². The van der Waals surface area contributed by atoms with E-state index >= 15 is 0 Å². The van der Waals surface area contributed by atoms with Crippen LogP contribution in [0.25, 0.3) is 0 Å². The monoisotopic (exact) mass is 316 g/mol. The summed E-state index contributed by atoms with van der Waals surface area (Å²) in [4.78, 5) is 24.8. The number of nitrogens with one attached hydrogen (secondary N) is 1. The number of halogens is 2. The van der Waals surface area contributed by atoms with Crippen molar-refractivity contribution in [3.8, 4) is 0 Å². The van der Waals surface area contributed by atoms with Crippen LogP contribution in [0.4, 0.5) is 4.39 Å². The Kier molecular flexibility index (Phi) is 6.58. The SMILES string of the molecule is CNC(=O)CCN(C)[C@H](C(=O)OC)c1c(F)cccc1Cl. The Balaban J connectivity index is 3.06. The third-order valence-electron chi connectivity index (χ3n) is 3.11. The van der Waals surface area contributed by atoms with Gasteiger partial charge in [-0.3, -0.25) is 9.69 Å². The van der Waals surface area contributed by atoms with Crippen LogP contribution in [0.15, 0.2) is 18.2 Å². The average molecular weight is 317 g/mol. The Morgan fingerprint density at radius 3 is 2.67 bits per heavy atom. The number of esters is 1. The van der Waals surface area contributed by atoms with Crippen molar-refractivity contribution < 1.29 is 18.7 Å². The molecule has 0 saturated heterocycles. The van der Waals surface area contributed by atoms with Crippen LogP contribution >= 0.6 is 11.6 Å². The van der Waals surface area contributed by atoms with E-state index in [2.05, 4.69) is 5.32 Å². The van der Waals surface area contributed by atoms with Crippen molar-refractivity contribution in [3.05, 3.63) is 34.6 Å². The summed E-state index contributed by atoms with van der Waals surface area (Å²) in [7, 11) is 4.35. The molecule has 1 N–H and O–H groups in total. The zero-order valence-electron chi connectivity index (χ0n) is 12.2. The second-order valence-electron chi connectivity index (χ2n) is 4.46. The molecule has 1 aromatic rings. The van der Waals surface area contributed by atoms with Gasteiger partial charge < -0.3 is 10.1 Å². The molecule has 0 bridgehead atoms. The maximum atomic E-state index is 14.0. The van der Waals surface area contributed by atoms with Crippen LogP contribution in [0.1, 0.15) is 18.0 Å². The van der Waals surface area contributed by atoms with Gasteiger partial charge >= 0.3 is 5.97 Å². The Bertz CT molecular complexity index is 505. The Morgan fingerprint density at radius 1 is 1.48 bits per heavy atom. The molecule has 0 aliphatic carbocycles. The van der Waals surface area contributed by atoms with Crippen LogP contribution < -0.4 is 5.32 Å². The molecule has 1 amide bonds. The van der Waals surface area contributed by atoms with Gasteiger partial charge in [0.2, 0.25) is 5.91 Å². The van der Waals surface area contributed by atoms with Crippen LogP contribution in [0.3, 0.4) is 0 Å². The number of carbonyl (C=O) groups is 2. The van der Waals surface area contributed by atoms with E-state index in [-0.39, 0.29) is 29.5 Å². The van der Waals surface area contributed by atoms with Crippen LogP contribution in [-0.2, 0) is 14.3 Å². The zero-order valence-corrected chi connectivity index (χ0v) is 12.9. The molecule has 0 spiro atoms. The highest BCUT2D eigenvalue weighted by atomic mass is 35.5. The first-order chi connectivity index (χ1) is 9.92. The van der Waals surface area contributed by atoms with Crippen LogP contribution in [0.2, 0.25) is 5.02 Å². The van der Waals surface area contributed by atoms with Crippen molar-refractivity contribution in [1.82, 2.24) is 10.2 Å². The summed E-state index contributed by atoms with van der Waals surface area (Å²) in [5.41, 5.74) is 0.0467. The minimum absolute atomic E-state index is 0.0467. The average Bonchev–Trinajstić information content (AvgIpc) is 2.47. The maximum absolute atomic E-state index is 14.0. The number of methoxy groups -OCH3 is 1. The quantitative estimate of drug-likeness (QED) is 0.813. The molecule has 0 heterocycles. The zero-order chi connectivity index (χ0) is 16.0. The van der Waals surface area contributed by atoms with Crippen molar-refractivity contribution in [3.63, 3.8) is 0 Å². The molecule has 1 aromatic carbocycles. The summed E-state index contributed by atoms with van der Waals surface area (Å²) in [6, 6.07) is 3.18. The van der Waals surface area contributed by atoms with Crippen molar-refractivity contribution in [1.29, 1.82) is 0 Å². The fourth-order valence-corrected chi connectivity index (χ4v) is 2.20. The standard InChI is InChI=1S/C14H18ClFN2O3/c1-17-11(19)7-8-18(2)13(14(20)21-3)12-9(15)5-4-6-10(12)16/h4-6,13H,7-8H2,1-3H3,(H,17,19)/t13-/m0/s1. The molecule has 0 aliphatic rings. The molecule has 116 valence electrons. The van der Waals surface area contributed by atoms with Crippen molar-refractivity contribution in [2.75, 3.05) is 27.7 Å². The normalized spacial score (nSPS) is 12.1. The van der Waals surface area contributed by atoms with Gasteiger partial charge in [0.05, 0.1) is 7.11 Å². The summed E-state index contributed by atoms with van der Waals surface area (Å²) in [5, 5.41) is 2.62. The topological polar surface area (TPSA) is 58.6 Å². The molecule has 1 atom stereocenters. The largest absolute Gasteiger partial charge is 0.468 e. The number of rotatable bonds is 6. The molecule has 0 unspecified atom stereocenters. The summed E-state index contributed by atoms with van der Waals surface area (Å²) in [6.45, 7) is 0.254. The van der Waals surface area contributed by atoms with Gasteiger partial charge in [-0.25, -0.2) is 9.18 Å². The number of ether oxygens (including phenoxy) is 1. The van der Waals surface area contributed by atoms with Crippen LogP contribution in [0.5, 0.6) is 0 Å². The first kappa shape index (κ1) is 17.4. The van der Waals surface area contributed by atoms with Gasteiger partial charge in [-0.15, -0.1) is 0 Å². The lowest BCUT2D eigenvalue weighted by Gasteiger charge is -2.26. The van der Waals surface area contributed by atoms with Crippen molar-refractivity contribution in [2.24, 2.45) is 0 Å². The van der Waals surface area contributed by atoms with E-state index in [1.165, 1.54) is 37.3 Å². The molecule has 7 heteroatoms. The van der Waals surface area contributed by atoms with Gasteiger partial charge in [0.25, 0.3) is 0 Å². The number of hydrogen-bond acceptors (Lipinski definition) is 4. The van der Waals surface area contributed by atoms with E-state index in [9.17, 15) is 14.0 Å². The number of nitrogens with zero attached hydrogens (tertiary/aromatic N) is 1. The fraction of sp³-hybridized carbons (Fsp3) is 0.429. The van der Waals surface area contributed by atoms with Gasteiger partial charge in [-0.2, -0.15) is 0 Å². The molecule has 0 fully saturated rings. The smallest absolute Gasteiger partial charge is 0.327 e. The molecular formula is C14H18ClFN2O3. The number of benzene rings is 1. The number of likely N-dealkylation sites (N-methyl/N-ethyl adjacent to an activating group) is 1. The number of amides is 1. The van der Waals surface area contributed by atoms with E-state index in [4.69, 9.17) is 16.3 Å². The highest BCUT2D eigenvalue weighted by Crippen LogP contribution is 2.30. The first-order valence-electron chi connectivity index (χ1n) is 6.35. The Morgan fingerprint density at radius 2 is 2.14 bits per heavy atom.